The largest absolute Gasteiger partial charge is 0.376 e. The van der Waals surface area contributed by atoms with Gasteiger partial charge in [0, 0.05) is 18.8 Å². The number of thioether (sulfide) groups is 1. The van der Waals surface area contributed by atoms with E-state index in [1.165, 1.54) is 36.0 Å². The molecule has 1 atom stereocenters. The van der Waals surface area contributed by atoms with Crippen LogP contribution in [0.4, 0.5) is 10.1 Å². The van der Waals surface area contributed by atoms with Gasteiger partial charge in [0.05, 0.1) is 24.1 Å². The topological polar surface area (TPSA) is 91.0 Å². The maximum Gasteiger partial charge on any atom is 0.280 e. The zero-order valence-corrected chi connectivity index (χ0v) is 18.2. The number of benzene rings is 1. The maximum absolute atomic E-state index is 13.4. The Kier molecular flexibility index (Phi) is 6.38. The van der Waals surface area contributed by atoms with E-state index in [2.05, 4.69) is 10.4 Å². The summed E-state index contributed by atoms with van der Waals surface area (Å²) >= 11 is 1.19. The van der Waals surface area contributed by atoms with E-state index < -0.39 is 0 Å². The Balaban J connectivity index is 1.61. The molecule has 8 nitrogen and oxygen atoms in total. The van der Waals surface area contributed by atoms with Gasteiger partial charge in [-0.1, -0.05) is 11.8 Å². The Labute approximate surface area is 182 Å². The molecule has 2 aromatic heterocycles. The standard InChI is InChI=1S/C21H24FN5O3S/c1-3-27-19-18(13(2)25-27)24-21(26(20(19)29)11-16-5-4-10-30-16)31-12-17(28)23-15-8-6-14(22)7-9-15/h6-9,16H,3-5,10-12H2,1-2H3,(H,23,28). The molecule has 31 heavy (non-hydrogen) atoms. The number of nitrogens with one attached hydrogen (secondary N) is 1. The van der Waals surface area contributed by atoms with E-state index in [-0.39, 0.29) is 29.1 Å². The fourth-order valence-corrected chi connectivity index (χ4v) is 4.44. The van der Waals surface area contributed by atoms with Crippen LogP contribution in [0.25, 0.3) is 11.0 Å². The number of carbonyl (C=O) groups is 1. The quantitative estimate of drug-likeness (QED) is 0.444. The van der Waals surface area contributed by atoms with Crippen LogP contribution in [0.15, 0.2) is 34.2 Å². The maximum atomic E-state index is 13.4. The third-order valence-corrected chi connectivity index (χ3v) is 6.13. The highest BCUT2D eigenvalue weighted by Crippen LogP contribution is 2.23. The van der Waals surface area contributed by atoms with Gasteiger partial charge < -0.3 is 10.1 Å². The number of carbonyl (C=O) groups excluding carboxylic acids is 1. The molecule has 1 aliphatic rings. The summed E-state index contributed by atoms with van der Waals surface area (Å²) in [5, 5.41) is 7.62. The molecule has 10 heteroatoms. The van der Waals surface area contributed by atoms with Crippen LogP contribution in [-0.2, 0) is 22.6 Å². The molecule has 0 aliphatic carbocycles. The van der Waals surface area contributed by atoms with E-state index in [9.17, 15) is 14.0 Å². The molecule has 164 valence electrons. The van der Waals surface area contributed by atoms with Crippen molar-refractivity contribution in [1.82, 2.24) is 19.3 Å². The molecular weight excluding hydrogens is 421 g/mol. The van der Waals surface area contributed by atoms with Crippen LogP contribution in [0.5, 0.6) is 0 Å². The fraction of sp³-hybridized carbons (Fsp3) is 0.429. The predicted octanol–water partition coefficient (Wildman–Crippen LogP) is 2.97. The Morgan fingerprint density at radius 3 is 2.81 bits per heavy atom. The van der Waals surface area contributed by atoms with Crippen LogP contribution in [0.1, 0.15) is 25.5 Å². The van der Waals surface area contributed by atoms with Crippen LogP contribution < -0.4 is 10.9 Å². The summed E-state index contributed by atoms with van der Waals surface area (Å²) in [5.74, 6) is -0.580. The second-order valence-corrected chi connectivity index (χ2v) is 8.33. The number of amides is 1. The highest BCUT2D eigenvalue weighted by atomic mass is 32.2. The van der Waals surface area contributed by atoms with E-state index in [4.69, 9.17) is 9.72 Å². The van der Waals surface area contributed by atoms with Crippen molar-refractivity contribution in [3.05, 3.63) is 46.1 Å². The van der Waals surface area contributed by atoms with Crippen molar-refractivity contribution in [2.75, 3.05) is 17.7 Å². The zero-order valence-electron chi connectivity index (χ0n) is 17.4. The number of halogens is 1. The molecule has 0 spiro atoms. The summed E-state index contributed by atoms with van der Waals surface area (Å²) in [5.41, 5.74) is 2.03. The molecule has 0 radical (unpaired) electrons. The van der Waals surface area contributed by atoms with E-state index in [0.29, 0.717) is 47.3 Å². The van der Waals surface area contributed by atoms with Gasteiger partial charge in [-0.25, -0.2) is 9.37 Å². The van der Waals surface area contributed by atoms with Crippen molar-refractivity contribution in [3.63, 3.8) is 0 Å². The summed E-state index contributed by atoms with van der Waals surface area (Å²) in [7, 11) is 0. The van der Waals surface area contributed by atoms with Gasteiger partial charge >= 0.3 is 0 Å². The van der Waals surface area contributed by atoms with Crippen LogP contribution in [-0.4, -0.2) is 43.7 Å². The minimum atomic E-state index is -0.369. The molecule has 1 unspecified atom stereocenters. The van der Waals surface area contributed by atoms with Crippen molar-refractivity contribution in [1.29, 1.82) is 0 Å². The van der Waals surface area contributed by atoms with Crippen molar-refractivity contribution in [2.45, 2.75) is 51.0 Å². The summed E-state index contributed by atoms with van der Waals surface area (Å²) in [6.45, 7) is 5.38. The molecule has 0 saturated carbocycles. The number of hydrogen-bond acceptors (Lipinski definition) is 6. The third-order valence-electron chi connectivity index (χ3n) is 5.15. The minimum absolute atomic E-state index is 0.0524. The lowest BCUT2D eigenvalue weighted by atomic mass is 10.2. The molecule has 1 saturated heterocycles. The Morgan fingerprint density at radius 1 is 1.35 bits per heavy atom. The highest BCUT2D eigenvalue weighted by molar-refractivity contribution is 7.99. The van der Waals surface area contributed by atoms with Gasteiger partial charge in [-0.05, 0) is 51.0 Å². The first kappa shape index (κ1) is 21.5. The van der Waals surface area contributed by atoms with Crippen molar-refractivity contribution in [2.24, 2.45) is 0 Å². The van der Waals surface area contributed by atoms with Gasteiger partial charge in [-0.15, -0.1) is 0 Å². The van der Waals surface area contributed by atoms with Crippen LogP contribution in [0, 0.1) is 12.7 Å². The first-order valence-electron chi connectivity index (χ1n) is 10.2. The lowest BCUT2D eigenvalue weighted by Gasteiger charge is -2.16. The van der Waals surface area contributed by atoms with Crippen LogP contribution >= 0.6 is 11.8 Å². The van der Waals surface area contributed by atoms with Gasteiger partial charge in [0.15, 0.2) is 10.7 Å². The summed E-state index contributed by atoms with van der Waals surface area (Å²) in [4.78, 5) is 30.5. The Hall–Kier alpha value is -2.72. The molecular formula is C21H24FN5O3S. The van der Waals surface area contributed by atoms with E-state index >= 15 is 0 Å². The molecule has 1 fully saturated rings. The molecule has 1 amide bonds. The molecule has 1 aliphatic heterocycles. The average molecular weight is 446 g/mol. The van der Waals surface area contributed by atoms with Crippen LogP contribution in [0.3, 0.4) is 0 Å². The second-order valence-electron chi connectivity index (χ2n) is 7.39. The molecule has 1 N–H and O–H groups in total. The van der Waals surface area contributed by atoms with E-state index in [0.717, 1.165) is 12.8 Å². The van der Waals surface area contributed by atoms with Gasteiger partial charge in [-0.3, -0.25) is 18.8 Å². The number of nitrogens with zero attached hydrogens (tertiary/aromatic N) is 4. The SMILES string of the molecule is CCn1nc(C)c2nc(SCC(=O)Nc3ccc(F)cc3)n(CC3CCCO3)c(=O)c21. The average Bonchev–Trinajstić information content (AvgIpc) is 3.38. The predicted molar refractivity (Wildman–Crippen MR) is 117 cm³/mol. The van der Waals surface area contributed by atoms with E-state index in [1.54, 1.807) is 9.25 Å². The molecule has 3 heterocycles. The first-order chi connectivity index (χ1) is 15.0. The van der Waals surface area contributed by atoms with Gasteiger partial charge in [0.25, 0.3) is 5.56 Å². The number of fused-ring (bicyclic) bond motifs is 1. The number of ether oxygens (including phenoxy) is 1. The van der Waals surface area contributed by atoms with Gasteiger partial charge in [0.1, 0.15) is 11.3 Å². The molecule has 3 aromatic rings. The molecule has 1 aromatic carbocycles. The zero-order chi connectivity index (χ0) is 22.0. The number of aryl methyl sites for hydroxylation is 2. The smallest absolute Gasteiger partial charge is 0.280 e. The lowest BCUT2D eigenvalue weighted by molar-refractivity contribution is -0.113. The summed E-state index contributed by atoms with van der Waals surface area (Å²) in [6, 6.07) is 5.56. The third kappa shape index (κ3) is 4.64. The summed E-state index contributed by atoms with van der Waals surface area (Å²) in [6.07, 6.45) is 1.79. The second kappa shape index (κ2) is 9.19. The van der Waals surface area contributed by atoms with Gasteiger partial charge in [0.2, 0.25) is 5.91 Å². The minimum Gasteiger partial charge on any atom is -0.376 e. The number of hydrogen-bond donors (Lipinski definition) is 1. The fourth-order valence-electron chi connectivity index (χ4n) is 3.64. The number of aromatic nitrogens is 4. The van der Waals surface area contributed by atoms with Gasteiger partial charge in [-0.2, -0.15) is 5.10 Å². The van der Waals surface area contributed by atoms with Crippen molar-refractivity contribution >= 4 is 34.4 Å². The van der Waals surface area contributed by atoms with Crippen LogP contribution in [0.2, 0.25) is 0 Å². The van der Waals surface area contributed by atoms with Crippen molar-refractivity contribution < 1.29 is 13.9 Å². The van der Waals surface area contributed by atoms with E-state index in [1.807, 2.05) is 13.8 Å². The Morgan fingerprint density at radius 2 is 2.13 bits per heavy atom. The Bertz CT molecular complexity index is 1150. The normalized spacial score (nSPS) is 16.2. The highest BCUT2D eigenvalue weighted by Gasteiger charge is 2.23. The number of anilines is 1. The molecule has 0 bridgehead atoms. The van der Waals surface area contributed by atoms with Crippen molar-refractivity contribution in [3.8, 4) is 0 Å². The first-order valence-corrected chi connectivity index (χ1v) is 11.2. The number of rotatable bonds is 7. The molecule has 4 rings (SSSR count). The summed E-state index contributed by atoms with van der Waals surface area (Å²) < 4.78 is 22.0. The lowest BCUT2D eigenvalue weighted by Crippen LogP contribution is -2.30. The monoisotopic (exact) mass is 445 g/mol.